The Bertz CT molecular complexity index is 1660. The van der Waals surface area contributed by atoms with Crippen LogP contribution in [0.5, 0.6) is 0 Å². The van der Waals surface area contributed by atoms with E-state index in [-0.39, 0.29) is 37.1 Å². The zero-order valence-corrected chi connectivity index (χ0v) is 27.0. The molecule has 0 aliphatic heterocycles. The maximum absolute atomic E-state index is 10.0. The van der Waals surface area contributed by atoms with Crippen molar-refractivity contribution in [2.45, 2.75) is 53.9 Å². The monoisotopic (exact) mass is 723 g/mol. The van der Waals surface area contributed by atoms with E-state index in [9.17, 15) is 4.79 Å². The molecule has 4 nitrogen and oxygen atoms in total. The summed E-state index contributed by atoms with van der Waals surface area (Å²) in [6.07, 6.45) is 3.06. The Morgan fingerprint density at radius 3 is 2.15 bits per heavy atom. The minimum absolute atomic E-state index is 0. The van der Waals surface area contributed by atoms with Gasteiger partial charge in [0.1, 0.15) is 11.3 Å². The predicted octanol–water partition coefficient (Wildman–Crippen LogP) is 9.58. The number of ketones is 1. The standard InChI is InChI=1S/C31H28NO.C5H8O2.Ir/c1-20-14-26(31(3,4)5)15-21(2)30(20)29-17-25-19-32-27(18-28(25)33-29)24-13-9-12-23(16-24)22-10-7-6-8-11-22;1-4(6)3-5(2)7;/h6-12,14-19H,1-5H3;3,6H,1-2H3;/q-1;;/b;4-3-;. The third-order valence-corrected chi connectivity index (χ3v) is 6.64. The Hall–Kier alpha value is -3.79. The van der Waals surface area contributed by atoms with Crippen LogP contribution in [0.1, 0.15) is 51.3 Å². The van der Waals surface area contributed by atoms with Gasteiger partial charge in [0.15, 0.2) is 5.78 Å². The van der Waals surface area contributed by atoms with Gasteiger partial charge < -0.3 is 14.5 Å². The molecule has 0 fully saturated rings. The summed E-state index contributed by atoms with van der Waals surface area (Å²) < 4.78 is 6.36. The van der Waals surface area contributed by atoms with Gasteiger partial charge in [-0.15, -0.1) is 35.4 Å². The quantitative estimate of drug-likeness (QED) is 0.114. The summed E-state index contributed by atoms with van der Waals surface area (Å²) in [6, 6.07) is 28.6. The van der Waals surface area contributed by atoms with Crippen LogP contribution < -0.4 is 0 Å². The van der Waals surface area contributed by atoms with Crippen molar-refractivity contribution in [1.29, 1.82) is 0 Å². The molecule has 0 atom stereocenters. The van der Waals surface area contributed by atoms with E-state index < -0.39 is 0 Å². The van der Waals surface area contributed by atoms with Crippen LogP contribution >= 0.6 is 0 Å². The van der Waals surface area contributed by atoms with E-state index in [4.69, 9.17) is 14.5 Å². The Morgan fingerprint density at radius 2 is 1.59 bits per heavy atom. The van der Waals surface area contributed by atoms with Gasteiger partial charge in [-0.3, -0.25) is 4.79 Å². The number of nitrogens with zero attached hydrogens (tertiary/aromatic N) is 1. The maximum atomic E-state index is 10.0. The molecule has 0 aliphatic carbocycles. The van der Waals surface area contributed by atoms with Crippen LogP contribution in [0, 0.1) is 19.9 Å². The number of rotatable bonds is 4. The van der Waals surface area contributed by atoms with E-state index in [1.165, 1.54) is 47.7 Å². The zero-order valence-electron chi connectivity index (χ0n) is 24.6. The SMILES string of the molecule is CC(=O)/C=C(/C)O.Cc1cc(C(C)(C)C)cc(C)c1-c1cc2cnc(-c3[c-]ccc(-c4ccccc4)c3)cc2o1.[Ir]. The van der Waals surface area contributed by atoms with E-state index in [1.807, 2.05) is 24.4 Å². The van der Waals surface area contributed by atoms with Gasteiger partial charge in [0, 0.05) is 43.3 Å². The number of aliphatic hydroxyl groups is 1. The van der Waals surface area contributed by atoms with Crippen LogP contribution in [-0.2, 0) is 30.3 Å². The molecule has 2 aromatic heterocycles. The normalized spacial score (nSPS) is 11.4. The summed E-state index contributed by atoms with van der Waals surface area (Å²) in [5.74, 6) is 0.828. The predicted molar refractivity (Wildman–Crippen MR) is 164 cm³/mol. The van der Waals surface area contributed by atoms with Gasteiger partial charge in [-0.1, -0.05) is 63.2 Å². The van der Waals surface area contributed by atoms with Crippen LogP contribution in [0.25, 0.3) is 44.7 Å². The number of furan rings is 1. The molecular formula is C36H36IrNO3-. The number of aromatic nitrogens is 1. The number of allylic oxidation sites excluding steroid dienone is 2. The summed E-state index contributed by atoms with van der Waals surface area (Å²) in [4.78, 5) is 14.7. The van der Waals surface area contributed by atoms with E-state index in [0.29, 0.717) is 0 Å². The van der Waals surface area contributed by atoms with Gasteiger partial charge in [-0.2, -0.15) is 0 Å². The molecule has 0 spiro atoms. The fourth-order valence-electron chi connectivity index (χ4n) is 4.71. The number of benzene rings is 3. The van der Waals surface area contributed by atoms with E-state index in [0.717, 1.165) is 33.6 Å². The molecule has 5 rings (SSSR count). The summed E-state index contributed by atoms with van der Waals surface area (Å²) in [7, 11) is 0. The fraction of sp³-hybridized carbons (Fsp3) is 0.222. The molecule has 0 aliphatic rings. The van der Waals surface area contributed by atoms with Crippen molar-refractivity contribution in [3.8, 4) is 33.7 Å². The Labute approximate surface area is 256 Å². The van der Waals surface area contributed by atoms with Crippen LogP contribution in [0.3, 0.4) is 0 Å². The fourth-order valence-corrected chi connectivity index (χ4v) is 4.71. The van der Waals surface area contributed by atoms with Crippen molar-refractivity contribution in [3.05, 3.63) is 114 Å². The van der Waals surface area contributed by atoms with Crippen molar-refractivity contribution in [1.82, 2.24) is 4.98 Å². The first-order valence-electron chi connectivity index (χ1n) is 13.4. The van der Waals surface area contributed by atoms with E-state index >= 15 is 0 Å². The number of pyridine rings is 1. The smallest absolute Gasteiger partial charge is 0.155 e. The molecule has 0 amide bonds. The molecule has 2 heterocycles. The number of aliphatic hydroxyl groups excluding tert-OH is 1. The molecule has 5 aromatic rings. The molecule has 0 bridgehead atoms. The van der Waals surface area contributed by atoms with Gasteiger partial charge >= 0.3 is 0 Å². The minimum Gasteiger partial charge on any atom is -0.512 e. The first-order chi connectivity index (χ1) is 18.9. The van der Waals surface area contributed by atoms with Crippen molar-refractivity contribution in [3.63, 3.8) is 0 Å². The molecule has 1 N–H and O–H groups in total. The average molecular weight is 723 g/mol. The van der Waals surface area contributed by atoms with Gasteiger partial charge in [0.05, 0.1) is 5.76 Å². The van der Waals surface area contributed by atoms with E-state index in [2.05, 4.69) is 95.3 Å². The Morgan fingerprint density at radius 1 is 0.927 bits per heavy atom. The number of fused-ring (bicyclic) bond motifs is 1. The van der Waals surface area contributed by atoms with Gasteiger partial charge in [0.25, 0.3) is 0 Å². The maximum Gasteiger partial charge on any atom is 0.155 e. The summed E-state index contributed by atoms with van der Waals surface area (Å²) in [5.41, 5.74) is 10.1. The molecule has 0 saturated heterocycles. The first-order valence-corrected chi connectivity index (χ1v) is 13.4. The van der Waals surface area contributed by atoms with Crippen molar-refractivity contribution >= 4 is 16.8 Å². The number of hydrogen-bond acceptors (Lipinski definition) is 4. The minimum atomic E-state index is -0.125. The molecule has 5 heteroatoms. The average Bonchev–Trinajstić information content (AvgIpc) is 3.30. The molecule has 3 aromatic carbocycles. The van der Waals surface area contributed by atoms with Crippen molar-refractivity contribution in [2.24, 2.45) is 0 Å². The number of aryl methyl sites for hydroxylation is 2. The Kier molecular flexibility index (Phi) is 10.3. The van der Waals surface area contributed by atoms with Crippen LogP contribution in [-0.4, -0.2) is 15.9 Å². The third kappa shape index (κ3) is 7.91. The Balaban J connectivity index is 0.000000516. The summed E-state index contributed by atoms with van der Waals surface area (Å²) in [5, 5.41) is 9.37. The molecule has 213 valence electrons. The summed E-state index contributed by atoms with van der Waals surface area (Å²) in [6.45, 7) is 13.9. The molecule has 0 unspecified atom stereocenters. The second-order valence-corrected chi connectivity index (χ2v) is 11.2. The zero-order chi connectivity index (χ0) is 29.0. The second-order valence-electron chi connectivity index (χ2n) is 11.2. The van der Waals surface area contributed by atoms with E-state index in [1.54, 1.807) is 0 Å². The third-order valence-electron chi connectivity index (χ3n) is 6.64. The number of hydrogen-bond donors (Lipinski definition) is 1. The largest absolute Gasteiger partial charge is 0.512 e. The number of carbonyl (C=O) groups is 1. The first kappa shape index (κ1) is 31.7. The second kappa shape index (κ2) is 13.2. The van der Waals surface area contributed by atoms with Gasteiger partial charge in [-0.25, -0.2) is 0 Å². The van der Waals surface area contributed by atoms with Crippen molar-refractivity contribution in [2.75, 3.05) is 0 Å². The van der Waals surface area contributed by atoms with Crippen molar-refractivity contribution < 1.29 is 34.4 Å². The number of carbonyl (C=O) groups excluding carboxylic acids is 1. The molecular weight excluding hydrogens is 687 g/mol. The molecule has 41 heavy (non-hydrogen) atoms. The topological polar surface area (TPSA) is 63.3 Å². The van der Waals surface area contributed by atoms with Crippen LogP contribution in [0.15, 0.2) is 95.2 Å². The van der Waals surface area contributed by atoms with Crippen LogP contribution in [0.2, 0.25) is 0 Å². The van der Waals surface area contributed by atoms with Gasteiger partial charge in [0.2, 0.25) is 0 Å². The molecule has 0 saturated carbocycles. The summed E-state index contributed by atoms with van der Waals surface area (Å²) >= 11 is 0. The van der Waals surface area contributed by atoms with Crippen LogP contribution in [0.4, 0.5) is 0 Å². The van der Waals surface area contributed by atoms with Gasteiger partial charge in [-0.05, 0) is 73.2 Å². The molecule has 1 radical (unpaired) electrons.